The Balaban J connectivity index is 2.10. The highest BCUT2D eigenvalue weighted by Gasteiger charge is 2.22. The third-order valence-corrected chi connectivity index (χ3v) is 4.98. The maximum atomic E-state index is 11.4. The first-order chi connectivity index (χ1) is 9.47. The van der Waals surface area contributed by atoms with Crippen LogP contribution in [0.4, 0.5) is 5.69 Å². The van der Waals surface area contributed by atoms with E-state index in [2.05, 4.69) is 29.8 Å². The molecule has 1 aliphatic rings. The highest BCUT2D eigenvalue weighted by molar-refractivity contribution is 7.21. The van der Waals surface area contributed by atoms with E-state index in [1.165, 1.54) is 16.9 Å². The molecule has 0 spiro atoms. The van der Waals surface area contributed by atoms with Crippen LogP contribution in [0.5, 0.6) is 0 Å². The lowest BCUT2D eigenvalue weighted by atomic mass is 10.0. The summed E-state index contributed by atoms with van der Waals surface area (Å²) in [5, 5.41) is 0.855. The summed E-state index contributed by atoms with van der Waals surface area (Å²) in [5.74, 6) is -0.479. The Kier molecular flexibility index (Phi) is 3.14. The van der Waals surface area contributed by atoms with Gasteiger partial charge in [0.1, 0.15) is 9.71 Å². The second kappa shape index (κ2) is 4.71. The summed E-state index contributed by atoms with van der Waals surface area (Å²) in [4.78, 5) is 19.7. The van der Waals surface area contributed by atoms with Crippen molar-refractivity contribution in [2.75, 3.05) is 12.3 Å². The number of amides is 1. The van der Waals surface area contributed by atoms with Crippen LogP contribution in [0.3, 0.4) is 0 Å². The fourth-order valence-corrected chi connectivity index (χ4v) is 3.59. The summed E-state index contributed by atoms with van der Waals surface area (Å²) in [5.41, 5.74) is 14.2. The molecule has 0 unspecified atom stereocenters. The molecule has 2 aromatic rings. The number of rotatable bonds is 2. The summed E-state index contributed by atoms with van der Waals surface area (Å²) in [6.45, 7) is 6.30. The molecule has 6 heteroatoms. The Bertz CT molecular complexity index is 692. The Morgan fingerprint density at radius 3 is 2.90 bits per heavy atom. The van der Waals surface area contributed by atoms with Gasteiger partial charge in [0.05, 0.1) is 5.69 Å². The number of carbonyl (C=O) groups excluding carboxylic acids is 1. The Hall–Kier alpha value is -1.66. The number of hydrogen-bond acceptors (Lipinski definition) is 5. The molecule has 0 saturated heterocycles. The van der Waals surface area contributed by atoms with E-state index in [0.29, 0.717) is 16.6 Å². The topological polar surface area (TPSA) is 85.2 Å². The van der Waals surface area contributed by atoms with Gasteiger partial charge in [0.2, 0.25) is 0 Å². The predicted molar refractivity (Wildman–Crippen MR) is 81.8 cm³/mol. The Morgan fingerprint density at radius 1 is 1.50 bits per heavy atom. The zero-order valence-corrected chi connectivity index (χ0v) is 12.5. The zero-order chi connectivity index (χ0) is 14.4. The van der Waals surface area contributed by atoms with Crippen molar-refractivity contribution >= 4 is 33.1 Å². The van der Waals surface area contributed by atoms with Crippen LogP contribution in [0.15, 0.2) is 6.07 Å². The van der Waals surface area contributed by atoms with Crippen molar-refractivity contribution in [2.45, 2.75) is 32.9 Å². The van der Waals surface area contributed by atoms with Gasteiger partial charge in [0, 0.05) is 36.6 Å². The number of nitrogen functional groups attached to an aromatic ring is 1. The molecule has 1 aliphatic heterocycles. The molecule has 0 saturated carbocycles. The number of anilines is 1. The third-order valence-electron chi connectivity index (χ3n) is 3.85. The maximum absolute atomic E-state index is 11.4. The molecule has 106 valence electrons. The van der Waals surface area contributed by atoms with Crippen molar-refractivity contribution < 1.29 is 4.79 Å². The first-order valence-electron chi connectivity index (χ1n) is 6.72. The molecule has 0 atom stereocenters. The molecule has 0 aliphatic carbocycles. The van der Waals surface area contributed by atoms with Crippen LogP contribution in [-0.2, 0) is 13.0 Å². The van der Waals surface area contributed by atoms with Crippen LogP contribution in [0, 0.1) is 0 Å². The lowest BCUT2D eigenvalue weighted by Crippen LogP contribution is -2.36. The Labute approximate surface area is 121 Å². The van der Waals surface area contributed by atoms with E-state index in [1.54, 1.807) is 0 Å². The number of pyridine rings is 1. The van der Waals surface area contributed by atoms with Crippen molar-refractivity contribution in [1.82, 2.24) is 9.88 Å². The molecule has 0 aromatic carbocycles. The van der Waals surface area contributed by atoms with E-state index < -0.39 is 5.91 Å². The average Bonchev–Trinajstić information content (AvgIpc) is 2.73. The molecule has 1 amide bonds. The molecule has 3 rings (SSSR count). The average molecular weight is 290 g/mol. The van der Waals surface area contributed by atoms with Gasteiger partial charge in [0.25, 0.3) is 5.91 Å². The van der Waals surface area contributed by atoms with Gasteiger partial charge in [-0.15, -0.1) is 11.3 Å². The summed E-state index contributed by atoms with van der Waals surface area (Å²) in [6, 6.07) is 2.59. The molecular formula is C14H18N4OS. The van der Waals surface area contributed by atoms with Crippen LogP contribution in [0.1, 0.15) is 34.8 Å². The highest BCUT2D eigenvalue weighted by Crippen LogP contribution is 2.34. The number of nitrogens with zero attached hydrogens (tertiary/aromatic N) is 2. The van der Waals surface area contributed by atoms with E-state index in [1.807, 2.05) is 0 Å². The van der Waals surface area contributed by atoms with Gasteiger partial charge in [-0.1, -0.05) is 0 Å². The predicted octanol–water partition coefficient (Wildman–Crippen LogP) is 1.74. The number of thiophene rings is 1. The number of nitrogens with two attached hydrogens (primary N) is 2. The minimum Gasteiger partial charge on any atom is -0.397 e. The fourth-order valence-electron chi connectivity index (χ4n) is 2.64. The quantitative estimate of drug-likeness (QED) is 0.882. The van der Waals surface area contributed by atoms with Gasteiger partial charge < -0.3 is 11.5 Å². The molecule has 0 radical (unpaired) electrons. The minimum absolute atomic E-state index is 0.413. The molecule has 20 heavy (non-hydrogen) atoms. The second-order valence-electron chi connectivity index (χ2n) is 5.47. The van der Waals surface area contributed by atoms with Crippen LogP contribution < -0.4 is 11.5 Å². The van der Waals surface area contributed by atoms with Gasteiger partial charge in [-0.2, -0.15) is 0 Å². The van der Waals surface area contributed by atoms with Crippen LogP contribution in [0.25, 0.3) is 10.2 Å². The molecule has 0 fully saturated rings. The maximum Gasteiger partial charge on any atom is 0.260 e. The fraction of sp³-hybridized carbons (Fsp3) is 0.429. The first-order valence-corrected chi connectivity index (χ1v) is 7.53. The largest absolute Gasteiger partial charge is 0.397 e. The van der Waals surface area contributed by atoms with Crippen LogP contribution >= 0.6 is 11.3 Å². The van der Waals surface area contributed by atoms with Crippen molar-refractivity contribution in [3.8, 4) is 0 Å². The molecular weight excluding hydrogens is 272 g/mol. The lowest BCUT2D eigenvalue weighted by Gasteiger charge is -2.31. The zero-order valence-electron chi connectivity index (χ0n) is 11.6. The standard InChI is InChI=1S/C14H18N4OS/c1-7(2)18-4-3-10-8(6-18)5-9-11(15)12(13(16)19)20-14(9)17-10/h5,7H,3-4,6,15H2,1-2H3,(H2,16,19). The highest BCUT2D eigenvalue weighted by atomic mass is 32.1. The van der Waals surface area contributed by atoms with E-state index in [-0.39, 0.29) is 0 Å². The number of fused-ring (bicyclic) bond motifs is 2. The molecule has 2 aromatic heterocycles. The minimum atomic E-state index is -0.479. The summed E-state index contributed by atoms with van der Waals surface area (Å²) >= 11 is 1.29. The molecule has 0 bridgehead atoms. The summed E-state index contributed by atoms with van der Waals surface area (Å²) in [7, 11) is 0. The first kappa shape index (κ1) is 13.3. The number of hydrogen-bond donors (Lipinski definition) is 2. The van der Waals surface area contributed by atoms with E-state index in [4.69, 9.17) is 11.5 Å². The number of aromatic nitrogens is 1. The van der Waals surface area contributed by atoms with Crippen LogP contribution in [0.2, 0.25) is 0 Å². The van der Waals surface area contributed by atoms with E-state index >= 15 is 0 Å². The molecule has 5 nitrogen and oxygen atoms in total. The van der Waals surface area contributed by atoms with Crippen molar-refractivity contribution in [3.63, 3.8) is 0 Å². The van der Waals surface area contributed by atoms with Crippen molar-refractivity contribution in [2.24, 2.45) is 5.73 Å². The summed E-state index contributed by atoms with van der Waals surface area (Å²) in [6.07, 6.45) is 0.938. The number of primary amides is 1. The van der Waals surface area contributed by atoms with Gasteiger partial charge in [0.15, 0.2) is 0 Å². The van der Waals surface area contributed by atoms with E-state index in [9.17, 15) is 4.79 Å². The van der Waals surface area contributed by atoms with E-state index in [0.717, 1.165) is 35.4 Å². The molecule has 3 heterocycles. The monoisotopic (exact) mass is 290 g/mol. The van der Waals surface area contributed by atoms with Gasteiger partial charge in [-0.3, -0.25) is 9.69 Å². The van der Waals surface area contributed by atoms with Gasteiger partial charge in [-0.05, 0) is 25.5 Å². The van der Waals surface area contributed by atoms with Gasteiger partial charge in [-0.25, -0.2) is 4.98 Å². The molecule has 4 N–H and O–H groups in total. The normalized spacial score (nSPS) is 15.8. The lowest BCUT2D eigenvalue weighted by molar-refractivity contribution is 0.100. The second-order valence-corrected chi connectivity index (χ2v) is 6.47. The smallest absolute Gasteiger partial charge is 0.260 e. The SMILES string of the molecule is CC(C)N1CCc2nc3sc(C(N)=O)c(N)c3cc2C1. The van der Waals surface area contributed by atoms with Crippen molar-refractivity contribution in [1.29, 1.82) is 0 Å². The van der Waals surface area contributed by atoms with Crippen molar-refractivity contribution in [3.05, 3.63) is 22.2 Å². The Morgan fingerprint density at radius 2 is 2.25 bits per heavy atom. The van der Waals surface area contributed by atoms with Gasteiger partial charge >= 0.3 is 0 Å². The third kappa shape index (κ3) is 2.05. The number of carbonyl (C=O) groups is 1. The van der Waals surface area contributed by atoms with Crippen LogP contribution in [-0.4, -0.2) is 28.4 Å². The summed E-state index contributed by atoms with van der Waals surface area (Å²) < 4.78 is 0.